The summed E-state index contributed by atoms with van der Waals surface area (Å²) in [7, 11) is 0. The van der Waals surface area contributed by atoms with Gasteiger partial charge in [-0.1, -0.05) is 31.1 Å². The monoisotopic (exact) mass is 191 g/mol. The van der Waals surface area contributed by atoms with E-state index in [2.05, 4.69) is 5.16 Å². The summed E-state index contributed by atoms with van der Waals surface area (Å²) < 4.78 is 4.89. The van der Waals surface area contributed by atoms with Crippen LogP contribution in [-0.2, 0) is 0 Å². The van der Waals surface area contributed by atoms with E-state index in [4.69, 9.17) is 4.52 Å². The van der Waals surface area contributed by atoms with Crippen molar-refractivity contribution < 1.29 is 9.63 Å². The predicted octanol–water partition coefficient (Wildman–Crippen LogP) is 3.07. The quantitative estimate of drug-likeness (QED) is 0.753. The van der Waals surface area contributed by atoms with Gasteiger partial charge in [-0.25, -0.2) is 0 Å². The van der Waals surface area contributed by atoms with Crippen LogP contribution in [-0.4, -0.2) is 10.3 Å². The van der Waals surface area contributed by atoms with Crippen LogP contribution in [0.1, 0.15) is 13.8 Å². The largest absolute Gasteiger partial charge is 0.507 e. The minimum Gasteiger partial charge on any atom is -0.507 e. The van der Waals surface area contributed by atoms with Gasteiger partial charge >= 0.3 is 0 Å². The molecule has 2 aromatic rings. The summed E-state index contributed by atoms with van der Waals surface area (Å²) in [6, 6.07) is 8.68. The van der Waals surface area contributed by atoms with Gasteiger partial charge in [-0.05, 0) is 12.1 Å². The van der Waals surface area contributed by atoms with Crippen LogP contribution >= 0.6 is 0 Å². The lowest BCUT2D eigenvalue weighted by Gasteiger charge is -1.97. The number of aromatic hydroxyl groups is 1. The molecule has 74 valence electrons. The fourth-order valence-corrected chi connectivity index (χ4v) is 1.04. The Bertz CT molecular complexity index is 369. The molecule has 0 radical (unpaired) electrons. The summed E-state index contributed by atoms with van der Waals surface area (Å²) in [5, 5.41) is 12.9. The van der Waals surface area contributed by atoms with E-state index < -0.39 is 0 Å². The molecule has 3 nitrogen and oxygen atoms in total. The smallest absolute Gasteiger partial charge is 0.170 e. The molecule has 0 fully saturated rings. The zero-order valence-electron chi connectivity index (χ0n) is 8.27. The Morgan fingerprint density at radius 1 is 1.14 bits per heavy atom. The minimum absolute atomic E-state index is 0.203. The van der Waals surface area contributed by atoms with Gasteiger partial charge in [0.2, 0.25) is 0 Å². The summed E-state index contributed by atoms with van der Waals surface area (Å²) in [6.45, 7) is 4.00. The molecule has 0 saturated heterocycles. The molecule has 1 heterocycles. The molecule has 3 heteroatoms. The minimum atomic E-state index is 0.203. The third-order valence-corrected chi connectivity index (χ3v) is 1.61. The highest BCUT2D eigenvalue weighted by Gasteiger charge is 2.05. The van der Waals surface area contributed by atoms with Crippen LogP contribution < -0.4 is 0 Å². The number of hydrogen-bond acceptors (Lipinski definition) is 3. The van der Waals surface area contributed by atoms with Crippen molar-refractivity contribution in [1.82, 2.24) is 5.16 Å². The van der Waals surface area contributed by atoms with E-state index in [1.165, 1.54) is 0 Å². The van der Waals surface area contributed by atoms with Gasteiger partial charge in [0, 0.05) is 6.07 Å². The highest BCUT2D eigenvalue weighted by molar-refractivity contribution is 5.64. The van der Waals surface area contributed by atoms with Crippen molar-refractivity contribution in [2.24, 2.45) is 0 Å². The topological polar surface area (TPSA) is 46.3 Å². The summed E-state index contributed by atoms with van der Waals surface area (Å²) in [6.07, 6.45) is 1.54. The molecular weight excluding hydrogens is 178 g/mol. The number of benzene rings is 1. The second-order valence-electron chi connectivity index (χ2n) is 2.39. The highest BCUT2D eigenvalue weighted by atomic mass is 16.5. The molecule has 0 atom stereocenters. The first-order valence-electron chi connectivity index (χ1n) is 4.57. The zero-order chi connectivity index (χ0) is 10.4. The van der Waals surface area contributed by atoms with Gasteiger partial charge in [0.25, 0.3) is 0 Å². The number of rotatable bonds is 1. The SMILES string of the molecule is CC.Oc1ccccc1-c1ccno1. The Kier molecular flexibility index (Phi) is 3.73. The number of hydrogen-bond donors (Lipinski definition) is 1. The van der Waals surface area contributed by atoms with Crippen LogP contribution in [0.2, 0.25) is 0 Å². The van der Waals surface area contributed by atoms with Gasteiger partial charge in [-0.15, -0.1) is 0 Å². The van der Waals surface area contributed by atoms with E-state index in [0.717, 1.165) is 0 Å². The van der Waals surface area contributed by atoms with Crippen LogP contribution in [0.25, 0.3) is 11.3 Å². The van der Waals surface area contributed by atoms with Gasteiger partial charge in [-0.2, -0.15) is 0 Å². The van der Waals surface area contributed by atoms with E-state index >= 15 is 0 Å². The summed E-state index contributed by atoms with van der Waals surface area (Å²) in [5.41, 5.74) is 0.662. The third-order valence-electron chi connectivity index (χ3n) is 1.61. The summed E-state index contributed by atoms with van der Waals surface area (Å²) >= 11 is 0. The Morgan fingerprint density at radius 3 is 2.43 bits per heavy atom. The lowest BCUT2D eigenvalue weighted by molar-refractivity contribution is 0.426. The zero-order valence-corrected chi connectivity index (χ0v) is 8.27. The van der Waals surface area contributed by atoms with Crippen molar-refractivity contribution in [3.63, 3.8) is 0 Å². The second-order valence-corrected chi connectivity index (χ2v) is 2.39. The van der Waals surface area contributed by atoms with E-state index in [1.807, 2.05) is 19.9 Å². The molecule has 0 aliphatic rings. The average molecular weight is 191 g/mol. The number of para-hydroxylation sites is 1. The summed E-state index contributed by atoms with van der Waals surface area (Å²) in [5.74, 6) is 0.780. The molecule has 14 heavy (non-hydrogen) atoms. The lowest BCUT2D eigenvalue weighted by atomic mass is 10.1. The summed E-state index contributed by atoms with van der Waals surface area (Å²) in [4.78, 5) is 0. The van der Waals surface area contributed by atoms with Crippen molar-refractivity contribution in [1.29, 1.82) is 0 Å². The molecule has 0 spiro atoms. The van der Waals surface area contributed by atoms with Crippen LogP contribution in [0, 0.1) is 0 Å². The van der Waals surface area contributed by atoms with Gasteiger partial charge in [0.15, 0.2) is 5.76 Å². The van der Waals surface area contributed by atoms with Crippen LogP contribution in [0.4, 0.5) is 0 Å². The number of aromatic nitrogens is 1. The first-order valence-corrected chi connectivity index (χ1v) is 4.57. The normalized spacial score (nSPS) is 9.00. The Labute approximate surface area is 83.0 Å². The number of nitrogens with zero attached hydrogens (tertiary/aromatic N) is 1. The van der Waals surface area contributed by atoms with Crippen LogP contribution in [0.5, 0.6) is 5.75 Å². The average Bonchev–Trinajstić information content (AvgIpc) is 2.75. The highest BCUT2D eigenvalue weighted by Crippen LogP contribution is 2.27. The molecule has 0 aliphatic heterocycles. The van der Waals surface area contributed by atoms with Crippen LogP contribution in [0.3, 0.4) is 0 Å². The van der Waals surface area contributed by atoms with E-state index in [0.29, 0.717) is 11.3 Å². The molecule has 1 N–H and O–H groups in total. The maximum atomic E-state index is 9.39. The molecule has 0 aliphatic carbocycles. The lowest BCUT2D eigenvalue weighted by Crippen LogP contribution is -1.73. The van der Waals surface area contributed by atoms with Crippen LogP contribution in [0.15, 0.2) is 41.1 Å². The van der Waals surface area contributed by atoms with Gasteiger partial charge in [0.05, 0.1) is 11.8 Å². The van der Waals surface area contributed by atoms with Crippen molar-refractivity contribution >= 4 is 0 Å². The maximum absolute atomic E-state index is 9.39. The molecule has 1 aromatic carbocycles. The van der Waals surface area contributed by atoms with Crippen molar-refractivity contribution in [2.75, 3.05) is 0 Å². The van der Waals surface area contributed by atoms with Crippen molar-refractivity contribution in [3.8, 4) is 17.1 Å². The third kappa shape index (κ3) is 2.13. The molecule has 1 aromatic heterocycles. The first kappa shape index (κ1) is 10.3. The molecule has 0 unspecified atom stereocenters. The molecule has 0 bridgehead atoms. The fourth-order valence-electron chi connectivity index (χ4n) is 1.04. The van der Waals surface area contributed by atoms with Crippen molar-refractivity contribution in [3.05, 3.63) is 36.5 Å². The Hall–Kier alpha value is -1.77. The van der Waals surface area contributed by atoms with Gasteiger partial charge in [0.1, 0.15) is 5.75 Å². The van der Waals surface area contributed by atoms with E-state index in [-0.39, 0.29) is 5.75 Å². The molecule has 0 amide bonds. The fraction of sp³-hybridized carbons (Fsp3) is 0.182. The van der Waals surface area contributed by atoms with Gasteiger partial charge in [-0.3, -0.25) is 0 Å². The first-order chi connectivity index (χ1) is 6.88. The molecule has 2 rings (SSSR count). The van der Waals surface area contributed by atoms with Crippen molar-refractivity contribution in [2.45, 2.75) is 13.8 Å². The molecular formula is C11H13NO2. The number of phenolic OH excluding ortho intramolecular Hbond substituents is 1. The Balaban J connectivity index is 0.000000461. The van der Waals surface area contributed by atoms with E-state index in [9.17, 15) is 5.11 Å². The predicted molar refractivity (Wildman–Crippen MR) is 55.0 cm³/mol. The number of phenols is 1. The van der Waals surface area contributed by atoms with E-state index in [1.54, 1.807) is 30.5 Å². The maximum Gasteiger partial charge on any atom is 0.170 e. The van der Waals surface area contributed by atoms with Gasteiger partial charge < -0.3 is 9.63 Å². The molecule has 0 saturated carbocycles. The standard InChI is InChI=1S/C9H7NO2.C2H6/c11-8-4-2-1-3-7(8)9-5-6-10-12-9;1-2/h1-6,11H;1-2H3. The Morgan fingerprint density at radius 2 is 1.86 bits per heavy atom. The second kappa shape index (κ2) is 5.07.